The molecule has 1 unspecified atom stereocenters. The van der Waals surface area contributed by atoms with E-state index in [4.69, 9.17) is 14.2 Å². The number of aryl methyl sites for hydroxylation is 1. The van der Waals surface area contributed by atoms with Gasteiger partial charge >= 0.3 is 0 Å². The lowest BCUT2D eigenvalue weighted by Crippen LogP contribution is -2.22. The molecule has 0 radical (unpaired) electrons. The number of ether oxygens (including phenoxy) is 3. The summed E-state index contributed by atoms with van der Waals surface area (Å²) < 4.78 is 21.2. The third-order valence-corrected chi connectivity index (χ3v) is 7.65. The number of benzene rings is 2. The summed E-state index contributed by atoms with van der Waals surface area (Å²) in [5.74, 6) is 2.90. The molecule has 1 fully saturated rings. The Kier molecular flexibility index (Phi) is 7.31. The highest BCUT2D eigenvalue weighted by Crippen LogP contribution is 2.42. The van der Waals surface area contributed by atoms with Gasteiger partial charge in [0.05, 0.1) is 23.2 Å². The van der Waals surface area contributed by atoms with Crippen LogP contribution < -0.4 is 18.9 Å². The summed E-state index contributed by atoms with van der Waals surface area (Å²) in [6.07, 6.45) is 2.73. The molecule has 1 aromatic heterocycles. The number of pyridine rings is 1. The number of rotatable bonds is 9. The van der Waals surface area contributed by atoms with Gasteiger partial charge in [-0.2, -0.15) is 0 Å². The maximum Gasteiger partial charge on any atom is 0.231 e. The second-order valence-electron chi connectivity index (χ2n) is 10.1. The van der Waals surface area contributed by atoms with E-state index < -0.39 is 5.60 Å². The molecule has 2 aromatic carbocycles. The molecule has 1 saturated heterocycles. The van der Waals surface area contributed by atoms with E-state index in [1.807, 2.05) is 49.4 Å². The molecule has 0 spiro atoms. The predicted octanol–water partition coefficient (Wildman–Crippen LogP) is 6.00. The van der Waals surface area contributed by atoms with Gasteiger partial charge in [0, 0.05) is 24.5 Å². The Morgan fingerprint density at radius 3 is 2.62 bits per heavy atom. The van der Waals surface area contributed by atoms with Crippen LogP contribution in [0.2, 0.25) is 0 Å². The van der Waals surface area contributed by atoms with Gasteiger partial charge in [0.1, 0.15) is 23.4 Å². The van der Waals surface area contributed by atoms with Gasteiger partial charge in [-0.3, -0.25) is 9.52 Å². The molecule has 1 aliphatic heterocycles. The fraction of sp³-hybridized carbons (Fsp3) is 0.379. The molecule has 2 aliphatic rings. The summed E-state index contributed by atoms with van der Waals surface area (Å²) in [5, 5.41) is 10.0. The highest BCUT2D eigenvalue weighted by atomic mass is 32.2. The average Bonchev–Trinajstić information content (AvgIpc) is 3.47. The maximum absolute atomic E-state index is 11.5. The van der Waals surface area contributed by atoms with Crippen LogP contribution in [-0.2, 0) is 11.2 Å². The van der Waals surface area contributed by atoms with Gasteiger partial charge in [-0.15, -0.1) is 0 Å². The van der Waals surface area contributed by atoms with Crippen LogP contribution >= 0.6 is 11.9 Å². The normalized spacial score (nSPS) is 18.9. The van der Waals surface area contributed by atoms with Crippen molar-refractivity contribution in [3.8, 4) is 23.1 Å². The summed E-state index contributed by atoms with van der Waals surface area (Å²) in [7, 11) is 0. The molecular weight excluding hydrogens is 488 g/mol. The minimum absolute atomic E-state index is 0.0423. The molecule has 2 N–H and O–H groups in total. The SMILES string of the molecule is Cc1nc(OCCC(C)(C)O)ccc1Oc1cccc2c1CC[C@H]2Oc1ccc(C2CC(=O)NS2)cc1. The standard InChI is InChI=1S/C29H32N2O5S/c1-18-23(13-14-28(30-18)34-16-15-29(2,3)33)36-24-6-4-5-21-22(24)11-12-25(21)35-20-9-7-19(8-10-20)26-17-27(32)31-37-26/h4-10,13-14,25-26,33H,11-12,15-17H2,1-3H3,(H,31,32)/t25-,26?/m1/s1. The van der Waals surface area contributed by atoms with E-state index in [9.17, 15) is 9.90 Å². The Balaban J connectivity index is 1.24. The van der Waals surface area contributed by atoms with Gasteiger partial charge in [0.15, 0.2) is 0 Å². The van der Waals surface area contributed by atoms with Crippen LogP contribution in [0.15, 0.2) is 54.6 Å². The van der Waals surface area contributed by atoms with E-state index in [0.29, 0.717) is 31.1 Å². The van der Waals surface area contributed by atoms with Crippen LogP contribution in [0.4, 0.5) is 0 Å². The molecule has 5 rings (SSSR count). The van der Waals surface area contributed by atoms with Gasteiger partial charge in [0.25, 0.3) is 0 Å². The Morgan fingerprint density at radius 1 is 1.11 bits per heavy atom. The van der Waals surface area contributed by atoms with E-state index >= 15 is 0 Å². The number of aromatic nitrogens is 1. The van der Waals surface area contributed by atoms with Crippen LogP contribution in [0.1, 0.15) is 66.8 Å². The molecule has 0 saturated carbocycles. The van der Waals surface area contributed by atoms with Crippen LogP contribution in [0.3, 0.4) is 0 Å². The first kappa shape index (κ1) is 25.4. The van der Waals surface area contributed by atoms with Crippen molar-refractivity contribution >= 4 is 17.9 Å². The Labute approximate surface area is 221 Å². The zero-order chi connectivity index (χ0) is 26.0. The number of amides is 1. The van der Waals surface area contributed by atoms with Crippen LogP contribution in [0, 0.1) is 6.92 Å². The minimum Gasteiger partial charge on any atom is -0.486 e. The van der Waals surface area contributed by atoms with Crippen molar-refractivity contribution in [2.75, 3.05) is 6.61 Å². The summed E-state index contributed by atoms with van der Waals surface area (Å²) in [4.78, 5) is 16.0. The first-order valence-corrected chi connectivity index (χ1v) is 13.5. The quantitative estimate of drug-likeness (QED) is 0.335. The van der Waals surface area contributed by atoms with Gasteiger partial charge in [-0.05, 0) is 81.0 Å². The van der Waals surface area contributed by atoms with E-state index in [0.717, 1.165) is 46.7 Å². The molecule has 37 heavy (non-hydrogen) atoms. The van der Waals surface area contributed by atoms with E-state index in [2.05, 4.69) is 15.8 Å². The molecule has 0 bridgehead atoms. The largest absolute Gasteiger partial charge is 0.486 e. The zero-order valence-electron chi connectivity index (χ0n) is 21.3. The number of nitrogens with one attached hydrogen (secondary N) is 1. The van der Waals surface area contributed by atoms with Crippen molar-refractivity contribution in [3.05, 3.63) is 77.0 Å². The lowest BCUT2D eigenvalue weighted by atomic mass is 10.1. The number of nitrogens with zero attached hydrogens (tertiary/aromatic N) is 1. The van der Waals surface area contributed by atoms with E-state index in [1.54, 1.807) is 19.9 Å². The van der Waals surface area contributed by atoms with Gasteiger partial charge in [-0.1, -0.05) is 24.3 Å². The summed E-state index contributed by atoms with van der Waals surface area (Å²) in [6, 6.07) is 17.8. The predicted molar refractivity (Wildman–Crippen MR) is 143 cm³/mol. The minimum atomic E-state index is -0.773. The van der Waals surface area contributed by atoms with Crippen molar-refractivity contribution in [3.63, 3.8) is 0 Å². The fourth-order valence-corrected chi connectivity index (χ4v) is 5.42. The van der Waals surface area contributed by atoms with Gasteiger partial charge in [-0.25, -0.2) is 4.98 Å². The summed E-state index contributed by atoms with van der Waals surface area (Å²) in [5.41, 5.74) is 3.38. The van der Waals surface area contributed by atoms with Crippen molar-refractivity contribution in [2.45, 2.75) is 63.4 Å². The third-order valence-electron chi connectivity index (χ3n) is 6.58. The Morgan fingerprint density at radius 2 is 1.92 bits per heavy atom. The molecule has 1 amide bonds. The van der Waals surface area contributed by atoms with E-state index in [1.165, 1.54) is 11.9 Å². The molecular formula is C29H32N2O5S. The number of fused-ring (bicyclic) bond motifs is 1. The van der Waals surface area contributed by atoms with Gasteiger partial charge < -0.3 is 19.3 Å². The maximum atomic E-state index is 11.5. The van der Waals surface area contributed by atoms with Gasteiger partial charge in [0.2, 0.25) is 11.8 Å². The molecule has 3 aromatic rings. The highest BCUT2D eigenvalue weighted by molar-refractivity contribution is 7.98. The first-order chi connectivity index (χ1) is 17.7. The molecule has 2 heterocycles. The molecule has 7 nitrogen and oxygen atoms in total. The van der Waals surface area contributed by atoms with Crippen LogP contribution in [-0.4, -0.2) is 28.2 Å². The van der Waals surface area contributed by atoms with Crippen LogP contribution in [0.25, 0.3) is 0 Å². The fourth-order valence-electron chi connectivity index (χ4n) is 4.54. The molecule has 194 valence electrons. The van der Waals surface area contributed by atoms with Crippen molar-refractivity contribution in [1.29, 1.82) is 0 Å². The molecule has 8 heteroatoms. The zero-order valence-corrected chi connectivity index (χ0v) is 22.1. The Bertz CT molecular complexity index is 1270. The third kappa shape index (κ3) is 6.19. The van der Waals surface area contributed by atoms with Crippen molar-refractivity contribution in [2.24, 2.45) is 0 Å². The molecule has 1 aliphatic carbocycles. The highest BCUT2D eigenvalue weighted by Gasteiger charge is 2.28. The van der Waals surface area contributed by atoms with Crippen molar-refractivity contribution in [1.82, 2.24) is 9.71 Å². The summed E-state index contributed by atoms with van der Waals surface area (Å²) >= 11 is 1.47. The van der Waals surface area contributed by atoms with Crippen molar-refractivity contribution < 1.29 is 24.1 Å². The monoisotopic (exact) mass is 520 g/mol. The number of carbonyl (C=O) groups excluding carboxylic acids is 1. The summed E-state index contributed by atoms with van der Waals surface area (Å²) in [6.45, 7) is 5.80. The first-order valence-electron chi connectivity index (χ1n) is 12.6. The number of hydrogen-bond acceptors (Lipinski definition) is 7. The van der Waals surface area contributed by atoms with Crippen LogP contribution in [0.5, 0.6) is 23.1 Å². The second kappa shape index (κ2) is 10.6. The smallest absolute Gasteiger partial charge is 0.231 e. The number of carbonyl (C=O) groups is 1. The average molecular weight is 521 g/mol. The Hall–Kier alpha value is -3.23. The lowest BCUT2D eigenvalue weighted by Gasteiger charge is -2.18. The number of hydrogen-bond donors (Lipinski definition) is 2. The lowest BCUT2D eigenvalue weighted by molar-refractivity contribution is -0.118. The second-order valence-corrected chi connectivity index (χ2v) is 11.1. The number of aliphatic hydroxyl groups is 1. The molecule has 2 atom stereocenters. The van der Waals surface area contributed by atoms with E-state index in [-0.39, 0.29) is 17.3 Å². The topological polar surface area (TPSA) is 89.9 Å².